The predicted molar refractivity (Wildman–Crippen MR) is 145 cm³/mol. The van der Waals surface area contributed by atoms with Crippen LogP contribution in [0.1, 0.15) is 56.6 Å². The minimum atomic E-state index is -0.270. The van der Waals surface area contributed by atoms with Crippen molar-refractivity contribution in [3.63, 3.8) is 0 Å². The number of halogens is 2. The van der Waals surface area contributed by atoms with Gasteiger partial charge in [-0.25, -0.2) is 4.39 Å². The first-order valence-corrected chi connectivity index (χ1v) is 13.3. The summed E-state index contributed by atoms with van der Waals surface area (Å²) in [5.41, 5.74) is 3.85. The summed E-state index contributed by atoms with van der Waals surface area (Å²) in [5, 5.41) is 0.642. The zero-order valence-electron chi connectivity index (χ0n) is 21.5. The molecule has 0 saturated heterocycles. The molecule has 1 fully saturated rings. The van der Waals surface area contributed by atoms with Crippen molar-refractivity contribution < 1.29 is 23.4 Å². The van der Waals surface area contributed by atoms with Gasteiger partial charge in [0.25, 0.3) is 0 Å². The molecule has 1 aliphatic rings. The van der Waals surface area contributed by atoms with Crippen molar-refractivity contribution in [2.24, 2.45) is 0 Å². The van der Waals surface area contributed by atoms with Crippen LogP contribution >= 0.6 is 11.6 Å². The van der Waals surface area contributed by atoms with Crippen LogP contribution in [0.25, 0.3) is 11.1 Å². The first kappa shape index (κ1) is 27.2. The van der Waals surface area contributed by atoms with Gasteiger partial charge in [0.2, 0.25) is 0 Å². The van der Waals surface area contributed by atoms with E-state index in [9.17, 15) is 9.18 Å². The van der Waals surface area contributed by atoms with Gasteiger partial charge in [0.1, 0.15) is 23.1 Å². The van der Waals surface area contributed by atoms with Crippen molar-refractivity contribution >= 4 is 17.4 Å². The van der Waals surface area contributed by atoms with Crippen LogP contribution in [0.2, 0.25) is 5.02 Å². The number of benzene rings is 3. The first-order valence-electron chi connectivity index (χ1n) is 12.9. The van der Waals surface area contributed by atoms with Crippen LogP contribution in [-0.4, -0.2) is 25.1 Å². The fourth-order valence-corrected chi connectivity index (χ4v) is 5.02. The molecule has 0 atom stereocenters. The Morgan fingerprint density at radius 2 is 1.73 bits per heavy atom. The molecule has 0 heterocycles. The van der Waals surface area contributed by atoms with Gasteiger partial charge in [0, 0.05) is 17.0 Å². The molecule has 1 saturated carbocycles. The van der Waals surface area contributed by atoms with Gasteiger partial charge >= 0.3 is 0 Å². The highest BCUT2D eigenvalue weighted by molar-refractivity contribution is 6.30. The quantitative estimate of drug-likeness (QED) is 0.255. The van der Waals surface area contributed by atoms with Crippen molar-refractivity contribution in [2.75, 3.05) is 7.11 Å². The molecule has 0 aromatic heterocycles. The summed E-state index contributed by atoms with van der Waals surface area (Å²) in [6, 6.07) is 18.3. The Morgan fingerprint density at radius 3 is 2.46 bits per heavy atom. The molecule has 0 spiro atoms. The fourth-order valence-electron chi connectivity index (χ4n) is 4.85. The Bertz CT molecular complexity index is 1200. The summed E-state index contributed by atoms with van der Waals surface area (Å²) < 4.78 is 31.9. The Kier molecular flexibility index (Phi) is 9.59. The van der Waals surface area contributed by atoms with E-state index in [0.717, 1.165) is 72.3 Å². The summed E-state index contributed by atoms with van der Waals surface area (Å²) in [4.78, 5) is 11.4. The number of methoxy groups -OCH3 is 1. The molecule has 0 N–H and O–H groups in total. The van der Waals surface area contributed by atoms with E-state index < -0.39 is 0 Å². The third-order valence-corrected chi connectivity index (χ3v) is 7.07. The van der Waals surface area contributed by atoms with Crippen LogP contribution in [0.5, 0.6) is 11.5 Å². The van der Waals surface area contributed by atoms with Crippen LogP contribution in [0.15, 0.2) is 60.7 Å². The average Bonchev–Trinajstić information content (AvgIpc) is 2.89. The van der Waals surface area contributed by atoms with E-state index in [1.54, 1.807) is 32.2 Å². The minimum absolute atomic E-state index is 0.105. The van der Waals surface area contributed by atoms with Crippen LogP contribution < -0.4 is 9.47 Å². The third-order valence-electron chi connectivity index (χ3n) is 6.84. The van der Waals surface area contributed by atoms with E-state index >= 15 is 0 Å². The molecular formula is C31H34ClFO4. The second-order valence-electron chi connectivity index (χ2n) is 9.67. The number of ketones is 1. The van der Waals surface area contributed by atoms with E-state index in [1.165, 1.54) is 6.07 Å². The topological polar surface area (TPSA) is 44.8 Å². The van der Waals surface area contributed by atoms with E-state index in [4.69, 9.17) is 25.8 Å². The molecule has 1 aliphatic carbocycles. The Morgan fingerprint density at radius 1 is 0.973 bits per heavy atom. The first-order chi connectivity index (χ1) is 17.9. The van der Waals surface area contributed by atoms with Gasteiger partial charge in [-0.2, -0.15) is 0 Å². The molecule has 6 heteroatoms. The van der Waals surface area contributed by atoms with E-state index in [-0.39, 0.29) is 23.8 Å². The molecule has 37 heavy (non-hydrogen) atoms. The van der Waals surface area contributed by atoms with E-state index in [1.807, 2.05) is 36.4 Å². The molecule has 196 valence electrons. The van der Waals surface area contributed by atoms with Crippen molar-refractivity contribution in [3.05, 3.63) is 82.6 Å². The SMILES string of the molecule is COc1cc(Cl)ccc1COC1CCC(Oc2ccc(CCCC(C)=O)c(-c3cccc(F)c3)c2)CC1. The van der Waals surface area contributed by atoms with E-state index in [0.29, 0.717) is 18.1 Å². The molecule has 3 aromatic rings. The number of aryl methyl sites for hydroxylation is 1. The van der Waals surface area contributed by atoms with Crippen LogP contribution in [0.4, 0.5) is 4.39 Å². The standard InChI is InChI=1S/C31H34ClFO4/c1-21(34)5-3-6-22-10-12-29(19-30(22)23-7-4-8-26(33)17-23)37-28-15-13-27(14-16-28)36-20-24-9-11-25(32)18-31(24)35-2/h4,7-12,17-19,27-28H,3,5-6,13-16,20H2,1-2H3. The largest absolute Gasteiger partial charge is 0.496 e. The monoisotopic (exact) mass is 524 g/mol. The molecule has 0 unspecified atom stereocenters. The van der Waals surface area contributed by atoms with E-state index in [2.05, 4.69) is 0 Å². The molecule has 3 aromatic carbocycles. The zero-order valence-corrected chi connectivity index (χ0v) is 22.2. The summed E-state index contributed by atoms with van der Waals surface area (Å²) in [6.07, 6.45) is 5.98. The summed E-state index contributed by atoms with van der Waals surface area (Å²) in [6.45, 7) is 2.09. The lowest BCUT2D eigenvalue weighted by Crippen LogP contribution is -2.28. The van der Waals surface area contributed by atoms with Crippen molar-refractivity contribution in [1.29, 1.82) is 0 Å². The summed E-state index contributed by atoms with van der Waals surface area (Å²) in [5.74, 6) is 1.43. The number of ether oxygens (including phenoxy) is 3. The van der Waals surface area contributed by atoms with Crippen molar-refractivity contribution in [2.45, 2.75) is 70.7 Å². The van der Waals surface area contributed by atoms with Crippen molar-refractivity contribution in [3.8, 4) is 22.6 Å². The Labute approximate surface area is 223 Å². The molecular weight excluding hydrogens is 491 g/mol. The highest BCUT2D eigenvalue weighted by Gasteiger charge is 2.24. The van der Waals surface area contributed by atoms with Crippen LogP contribution in [0.3, 0.4) is 0 Å². The normalized spacial score (nSPS) is 17.4. The van der Waals surface area contributed by atoms with Gasteiger partial charge in [0.15, 0.2) is 0 Å². The zero-order chi connectivity index (χ0) is 26.2. The second-order valence-corrected chi connectivity index (χ2v) is 10.1. The smallest absolute Gasteiger partial charge is 0.129 e. The van der Waals surface area contributed by atoms with Gasteiger partial charge in [0.05, 0.1) is 25.9 Å². The molecule has 0 aliphatic heterocycles. The van der Waals surface area contributed by atoms with Gasteiger partial charge in [-0.1, -0.05) is 35.9 Å². The highest BCUT2D eigenvalue weighted by atomic mass is 35.5. The molecule has 0 radical (unpaired) electrons. The number of rotatable bonds is 11. The predicted octanol–water partition coefficient (Wildman–Crippen LogP) is 7.97. The number of carbonyl (C=O) groups is 1. The lowest BCUT2D eigenvalue weighted by molar-refractivity contribution is -0.117. The van der Waals surface area contributed by atoms with Gasteiger partial charge in [-0.15, -0.1) is 0 Å². The lowest BCUT2D eigenvalue weighted by Gasteiger charge is -2.29. The summed E-state index contributed by atoms with van der Waals surface area (Å²) >= 11 is 6.06. The maximum Gasteiger partial charge on any atom is 0.129 e. The number of hydrogen-bond donors (Lipinski definition) is 0. The molecule has 0 bridgehead atoms. The molecule has 4 rings (SSSR count). The second kappa shape index (κ2) is 13.1. The van der Waals surface area contributed by atoms with Crippen molar-refractivity contribution in [1.82, 2.24) is 0 Å². The lowest BCUT2D eigenvalue weighted by atomic mass is 9.94. The Balaban J connectivity index is 1.36. The minimum Gasteiger partial charge on any atom is -0.496 e. The summed E-state index contributed by atoms with van der Waals surface area (Å²) in [7, 11) is 1.64. The highest BCUT2D eigenvalue weighted by Crippen LogP contribution is 2.33. The maximum absolute atomic E-state index is 14.0. The Hall–Kier alpha value is -2.89. The maximum atomic E-state index is 14.0. The van der Waals surface area contributed by atoms with Gasteiger partial charge < -0.3 is 19.0 Å². The average molecular weight is 525 g/mol. The molecule has 4 nitrogen and oxygen atoms in total. The van der Waals surface area contributed by atoms with Gasteiger partial charge in [-0.05, 0) is 98.5 Å². The fraction of sp³-hybridized carbons (Fsp3) is 0.387. The number of carbonyl (C=O) groups excluding carboxylic acids is 1. The van der Waals surface area contributed by atoms with Gasteiger partial charge in [-0.3, -0.25) is 0 Å². The van der Waals surface area contributed by atoms with Crippen LogP contribution in [-0.2, 0) is 22.6 Å². The third kappa shape index (κ3) is 7.80. The van der Waals surface area contributed by atoms with Crippen LogP contribution in [0, 0.1) is 5.82 Å². The number of hydrogen-bond acceptors (Lipinski definition) is 4. The molecule has 0 amide bonds. The number of Topliss-reactive ketones (excluding diaryl/α,β-unsaturated/α-hetero) is 1.